The Morgan fingerprint density at radius 3 is 0.628 bits per heavy atom. The van der Waals surface area contributed by atoms with Crippen molar-refractivity contribution < 1.29 is 206 Å². The number of hydrogen-bond acceptors (Lipinski definition) is 45. The van der Waals surface area contributed by atoms with Crippen molar-refractivity contribution in [3.63, 3.8) is 0 Å². The number of amides is 2. The molecule has 0 aromatic carbocycles. The van der Waals surface area contributed by atoms with Crippen molar-refractivity contribution in [2.45, 2.75) is 123 Å². The maximum Gasteiger partial charge on any atom is 0.236 e. The van der Waals surface area contributed by atoms with Crippen LogP contribution < -0.4 is 16.4 Å². The van der Waals surface area contributed by atoms with Gasteiger partial charge in [-0.1, -0.05) is 0 Å². The number of carbonyl (C=O) groups excluding carboxylic acids is 2. The van der Waals surface area contributed by atoms with Crippen LogP contribution in [0.2, 0.25) is 0 Å². The maximum atomic E-state index is 12.4. The lowest BCUT2D eigenvalue weighted by atomic mass is 10.0. The lowest BCUT2D eigenvalue weighted by Crippen LogP contribution is -2.53. The molecular formula is C74H151N5O42. The van der Waals surface area contributed by atoms with Gasteiger partial charge in [0.1, 0.15) is 73.2 Å². The summed E-state index contributed by atoms with van der Waals surface area (Å²) in [5.41, 5.74) is 6.02. The van der Waals surface area contributed by atoms with Gasteiger partial charge in [-0.3, -0.25) is 19.4 Å². The van der Waals surface area contributed by atoms with Crippen LogP contribution in [0.1, 0.15) is 19.3 Å². The molecule has 0 rings (SSSR count). The number of nitrogens with zero attached hydrogens (tertiary/aromatic N) is 2. The first-order valence-electron chi connectivity index (χ1n) is 41.1. The summed E-state index contributed by atoms with van der Waals surface area (Å²) in [6.45, 7) is 8.34. The molecule has 1 unspecified atom stereocenters. The molecule has 0 saturated heterocycles. The Balaban J connectivity index is 3.59. The Hall–Kier alpha value is -2.78. The third kappa shape index (κ3) is 68.1. The zero-order valence-electron chi connectivity index (χ0n) is 70.1. The standard InChI is InChI=1S/C74H151N5O42/c75-56(74(101)77-5-9-103-13-17-107-21-25-111-29-33-115-37-38-116-34-30-112-26-22-108-18-14-104-10-6-78(48-57(84)66(93)70(97)61(88)52-80)49-58(85)67(94)71(98)62(89)53-81)2-1-4-76-65(92)3-8-102-12-16-106-20-24-110-28-32-114-36-40-118-42-44-120-46-47-121-45-43-119-41-39-117-35-31-113-27-23-109-19-15-105-11-7-79(50-59(86)68(95)72(99)63(90)54-82)51-60(87)69(96)73(100)64(91)55-83/h56-64,66-73,80-91,93-100H,1-55,75H2,(H,76,92)(H,77,101)/t56?,57-,58-,59-,60-,61+,62+,63+,64+,66+,67+,68+,69+,70+,71+,72+,73+/m0/s1. The fourth-order valence-electron chi connectivity index (χ4n) is 10.1. The molecule has 0 aliphatic heterocycles. The van der Waals surface area contributed by atoms with Gasteiger partial charge in [0, 0.05) is 58.8 Å². The van der Waals surface area contributed by atoms with Crippen molar-refractivity contribution in [3.05, 3.63) is 0 Å². The highest BCUT2D eigenvalue weighted by Crippen LogP contribution is 2.14. The molecule has 47 heteroatoms. The second kappa shape index (κ2) is 84.1. The van der Waals surface area contributed by atoms with E-state index in [1.54, 1.807) is 0 Å². The molecule has 47 nitrogen and oxygen atoms in total. The first-order valence-corrected chi connectivity index (χ1v) is 41.1. The molecule has 17 atom stereocenters. The van der Waals surface area contributed by atoms with E-state index in [9.17, 15) is 91.3 Å². The predicted octanol–water partition coefficient (Wildman–Crippen LogP) is -13.6. The number of aliphatic hydroxyl groups excluding tert-OH is 20. The van der Waals surface area contributed by atoms with Crippen LogP contribution in [0.15, 0.2) is 0 Å². The van der Waals surface area contributed by atoms with E-state index in [1.165, 1.54) is 9.80 Å². The summed E-state index contributed by atoms with van der Waals surface area (Å²) >= 11 is 0. The van der Waals surface area contributed by atoms with Crippen molar-refractivity contribution in [3.8, 4) is 0 Å². The smallest absolute Gasteiger partial charge is 0.236 e. The normalized spacial score (nSPS) is 16.5. The predicted molar refractivity (Wildman–Crippen MR) is 422 cm³/mol. The molecule has 0 aliphatic rings. The lowest BCUT2D eigenvalue weighted by molar-refractivity contribution is -0.131. The van der Waals surface area contributed by atoms with E-state index in [4.69, 9.17) is 121 Å². The van der Waals surface area contributed by atoms with Gasteiger partial charge in [-0.2, -0.15) is 0 Å². The average molecular weight is 1780 g/mol. The molecule has 0 heterocycles. The highest BCUT2D eigenvalue weighted by atomic mass is 16.6. The number of nitrogens with one attached hydrogen (secondary N) is 2. The number of hydrogen-bond donors (Lipinski definition) is 23. The van der Waals surface area contributed by atoms with Crippen LogP contribution in [0.5, 0.6) is 0 Å². The van der Waals surface area contributed by atoms with Gasteiger partial charge in [0.05, 0.1) is 321 Å². The van der Waals surface area contributed by atoms with Crippen molar-refractivity contribution >= 4 is 11.8 Å². The number of aliphatic hydroxyl groups is 20. The lowest BCUT2D eigenvalue weighted by Gasteiger charge is -2.33. The van der Waals surface area contributed by atoms with E-state index in [2.05, 4.69) is 10.6 Å². The van der Waals surface area contributed by atoms with Crippen LogP contribution >= 0.6 is 0 Å². The summed E-state index contributed by atoms with van der Waals surface area (Å²) in [5, 5.41) is 203. The van der Waals surface area contributed by atoms with Crippen molar-refractivity contribution in [1.29, 1.82) is 0 Å². The van der Waals surface area contributed by atoms with E-state index in [-0.39, 0.29) is 104 Å². The third-order valence-corrected chi connectivity index (χ3v) is 17.3. The molecular weight excluding hydrogens is 1630 g/mol. The molecule has 0 aliphatic carbocycles. The first kappa shape index (κ1) is 118. The Labute approximate surface area is 708 Å². The van der Waals surface area contributed by atoms with Crippen LogP contribution in [-0.4, -0.2) is 571 Å². The molecule has 24 N–H and O–H groups in total. The second-order valence-corrected chi connectivity index (χ2v) is 27.1. The minimum absolute atomic E-state index is 0.00742. The topological polar surface area (TPSA) is 680 Å². The van der Waals surface area contributed by atoms with E-state index in [0.717, 1.165) is 0 Å². The number of rotatable bonds is 95. The molecule has 0 radical (unpaired) electrons. The summed E-state index contributed by atoms with van der Waals surface area (Å²) in [6, 6.07) is -0.733. The van der Waals surface area contributed by atoms with Crippen LogP contribution in [0.4, 0.5) is 0 Å². The van der Waals surface area contributed by atoms with Gasteiger partial charge in [0.2, 0.25) is 11.8 Å². The molecule has 0 fully saturated rings. The van der Waals surface area contributed by atoms with E-state index in [0.29, 0.717) is 218 Å². The van der Waals surface area contributed by atoms with Crippen molar-refractivity contribution in [2.75, 3.05) is 343 Å². The van der Waals surface area contributed by atoms with E-state index < -0.39 is 156 Å². The van der Waals surface area contributed by atoms with Gasteiger partial charge in [-0.05, 0) is 12.8 Å². The van der Waals surface area contributed by atoms with Crippen LogP contribution in [-0.2, 0) is 104 Å². The van der Waals surface area contributed by atoms with Gasteiger partial charge in [0.15, 0.2) is 0 Å². The minimum Gasteiger partial charge on any atom is -0.394 e. The molecule has 0 spiro atoms. The molecule has 121 heavy (non-hydrogen) atoms. The molecule has 0 saturated carbocycles. The van der Waals surface area contributed by atoms with Crippen molar-refractivity contribution in [1.82, 2.24) is 20.4 Å². The molecule has 0 aromatic rings. The van der Waals surface area contributed by atoms with Gasteiger partial charge in [0.25, 0.3) is 0 Å². The van der Waals surface area contributed by atoms with Crippen LogP contribution in [0.25, 0.3) is 0 Å². The zero-order chi connectivity index (χ0) is 89.6. The largest absolute Gasteiger partial charge is 0.394 e. The Bertz CT molecular complexity index is 2170. The average Bonchev–Trinajstić information content (AvgIpc) is 0.875. The highest BCUT2D eigenvalue weighted by molar-refractivity contribution is 5.81. The molecule has 0 bridgehead atoms. The van der Waals surface area contributed by atoms with Crippen LogP contribution in [0, 0.1) is 0 Å². The fraction of sp³-hybridized carbons (Fsp3) is 0.973. The Morgan fingerprint density at radius 2 is 0.421 bits per heavy atom. The summed E-state index contributed by atoms with van der Waals surface area (Å²) in [4.78, 5) is 27.2. The Kier molecular flexibility index (Phi) is 82.2. The van der Waals surface area contributed by atoms with Gasteiger partial charge >= 0.3 is 0 Å². The minimum atomic E-state index is -1.90. The van der Waals surface area contributed by atoms with Crippen LogP contribution in [0.3, 0.4) is 0 Å². The summed E-state index contributed by atoms with van der Waals surface area (Å²) in [7, 11) is 0. The number of nitrogens with two attached hydrogens (primary N) is 1. The molecule has 0 aromatic heterocycles. The van der Waals surface area contributed by atoms with Gasteiger partial charge in [-0.25, -0.2) is 0 Å². The van der Waals surface area contributed by atoms with Gasteiger partial charge < -0.3 is 213 Å². The monoisotopic (exact) mass is 1780 g/mol. The zero-order valence-corrected chi connectivity index (χ0v) is 70.1. The van der Waals surface area contributed by atoms with Crippen molar-refractivity contribution in [2.24, 2.45) is 5.73 Å². The van der Waals surface area contributed by atoms with Gasteiger partial charge in [-0.15, -0.1) is 0 Å². The summed E-state index contributed by atoms with van der Waals surface area (Å²) in [6.07, 6.45) is -27.8. The highest BCUT2D eigenvalue weighted by Gasteiger charge is 2.37. The number of carbonyl (C=O) groups is 2. The summed E-state index contributed by atoms with van der Waals surface area (Å²) in [5.74, 6) is -0.490. The fourth-order valence-corrected chi connectivity index (χ4v) is 10.1. The van der Waals surface area contributed by atoms with E-state index in [1.807, 2.05) is 0 Å². The SMILES string of the molecule is NC(CCCNC(=O)CCOCCOCCOCCOCCOCCOCCOCCOCCOCCOCCOCCOCCN(C[C@H](O)[C@@H](O)[C@H](O)[C@H](O)CO)C[C@H](O)[C@@H](O)[C@H](O)[C@H](O)CO)C(=O)NCCOCCOCCOCCOCCOCCOCCOCCOCCN(C[C@H](O)[C@@H](O)[C@H](O)[C@H](O)CO)C[C@H](O)[C@@H](O)[C@H](O)[C@H](O)CO. The number of ether oxygens (including phenoxy) is 20. The Morgan fingerprint density at radius 1 is 0.240 bits per heavy atom. The van der Waals surface area contributed by atoms with E-state index >= 15 is 0 Å². The quantitative estimate of drug-likeness (QED) is 0.0251. The third-order valence-electron chi connectivity index (χ3n) is 17.3. The maximum absolute atomic E-state index is 12.4. The summed E-state index contributed by atoms with van der Waals surface area (Å²) < 4.78 is 110. The molecule has 2 amide bonds. The second-order valence-electron chi connectivity index (χ2n) is 27.1. The first-order chi connectivity index (χ1) is 58.5. The molecule has 724 valence electrons.